The van der Waals surface area contributed by atoms with Gasteiger partial charge in [-0.15, -0.1) is 0 Å². The molecule has 1 rings (SSSR count). The number of carbonyl (C=O) groups excluding carboxylic acids is 1. The maximum Gasteiger partial charge on any atom is 0.339 e. The highest BCUT2D eigenvalue weighted by Crippen LogP contribution is 2.20. The first-order valence-electron chi connectivity index (χ1n) is 3.65. The summed E-state index contributed by atoms with van der Waals surface area (Å²) in [5.41, 5.74) is 5.90. The molecular formula is C7H11N3O2. The Labute approximate surface area is 69.8 Å². The Morgan fingerprint density at radius 2 is 2.33 bits per heavy atom. The molecule has 1 aromatic rings. The number of aromatic nitrogens is 2. The predicted molar refractivity (Wildman–Crippen MR) is 43.0 cm³/mol. The van der Waals surface area contributed by atoms with Crippen molar-refractivity contribution >= 4 is 6.03 Å². The minimum absolute atomic E-state index is 0.0521. The quantitative estimate of drug-likeness (QED) is 0.637. The summed E-state index contributed by atoms with van der Waals surface area (Å²) in [6, 6.07) is -0.671. The number of hydrogen-bond acceptors (Lipinski definition) is 3. The van der Waals surface area contributed by atoms with Gasteiger partial charge in [0.15, 0.2) is 5.75 Å². The number of hydrogen-bond donors (Lipinski definition) is 2. The molecular weight excluding hydrogens is 158 g/mol. The molecule has 5 nitrogen and oxygen atoms in total. The van der Waals surface area contributed by atoms with Gasteiger partial charge in [-0.25, -0.2) is 4.79 Å². The summed E-state index contributed by atoms with van der Waals surface area (Å²) in [7, 11) is 0. The van der Waals surface area contributed by atoms with Crippen LogP contribution in [-0.2, 0) is 6.42 Å². The number of nitrogens with zero attached hydrogens (tertiary/aromatic N) is 2. The average Bonchev–Trinajstić information content (AvgIpc) is 2.29. The Morgan fingerprint density at radius 3 is 2.67 bits per heavy atom. The second-order valence-electron chi connectivity index (χ2n) is 2.48. The molecule has 1 heterocycles. The zero-order chi connectivity index (χ0) is 9.30. The Bertz CT molecular complexity index is 317. The summed E-state index contributed by atoms with van der Waals surface area (Å²) in [6.45, 7) is 3.43. The van der Waals surface area contributed by atoms with Crippen LogP contribution < -0.4 is 5.73 Å². The van der Waals surface area contributed by atoms with E-state index in [9.17, 15) is 9.90 Å². The molecule has 0 fully saturated rings. The lowest BCUT2D eigenvalue weighted by atomic mass is 10.3. The molecule has 0 saturated carbocycles. The summed E-state index contributed by atoms with van der Waals surface area (Å²) in [6.07, 6.45) is 0.523. The molecule has 0 aliphatic carbocycles. The third kappa shape index (κ3) is 1.13. The summed E-state index contributed by atoms with van der Waals surface area (Å²) < 4.78 is 1.02. The van der Waals surface area contributed by atoms with Crippen LogP contribution in [-0.4, -0.2) is 20.9 Å². The van der Waals surface area contributed by atoms with Gasteiger partial charge in [0, 0.05) is 0 Å². The number of nitrogens with two attached hydrogens (primary N) is 1. The zero-order valence-electron chi connectivity index (χ0n) is 7.03. The molecule has 12 heavy (non-hydrogen) atoms. The molecule has 0 saturated heterocycles. The van der Waals surface area contributed by atoms with Crippen LogP contribution in [0.15, 0.2) is 0 Å². The van der Waals surface area contributed by atoms with E-state index < -0.39 is 6.03 Å². The maximum atomic E-state index is 10.8. The molecule has 0 spiro atoms. The fourth-order valence-electron chi connectivity index (χ4n) is 1.07. The molecule has 0 aliphatic rings. The summed E-state index contributed by atoms with van der Waals surface area (Å²) in [5, 5.41) is 13.1. The number of carbonyl (C=O) groups is 1. The normalized spacial score (nSPS) is 10.2. The summed E-state index contributed by atoms with van der Waals surface area (Å²) >= 11 is 0. The third-order valence-corrected chi connectivity index (χ3v) is 1.67. The number of rotatable bonds is 1. The maximum absolute atomic E-state index is 10.8. The van der Waals surface area contributed by atoms with Gasteiger partial charge in [-0.1, -0.05) is 6.92 Å². The predicted octanol–water partition coefficient (Wildman–Crippen LogP) is 0.386. The van der Waals surface area contributed by atoms with Gasteiger partial charge in [0.2, 0.25) is 0 Å². The van der Waals surface area contributed by atoms with Crippen LogP contribution in [0, 0.1) is 6.92 Å². The SMILES string of the molecule is CCc1c(O)c(C)nn1C(N)=O. The molecule has 1 aromatic heterocycles. The second-order valence-corrected chi connectivity index (χ2v) is 2.48. The van der Waals surface area contributed by atoms with Gasteiger partial charge in [0.1, 0.15) is 5.69 Å². The fraction of sp³-hybridized carbons (Fsp3) is 0.429. The Morgan fingerprint density at radius 1 is 1.75 bits per heavy atom. The number of aryl methyl sites for hydroxylation is 1. The number of aromatic hydroxyl groups is 1. The standard InChI is InChI=1S/C7H11N3O2/c1-3-5-6(11)4(2)9-10(5)7(8)12/h11H,3H2,1-2H3,(H2,8,12). The topological polar surface area (TPSA) is 81.1 Å². The highest BCUT2D eigenvalue weighted by molar-refractivity contribution is 5.75. The van der Waals surface area contributed by atoms with Crippen molar-refractivity contribution in [2.45, 2.75) is 20.3 Å². The molecule has 5 heteroatoms. The van der Waals surface area contributed by atoms with Crippen molar-refractivity contribution in [1.29, 1.82) is 0 Å². The van der Waals surface area contributed by atoms with Crippen molar-refractivity contribution in [3.8, 4) is 5.75 Å². The van der Waals surface area contributed by atoms with E-state index >= 15 is 0 Å². The highest BCUT2D eigenvalue weighted by atomic mass is 16.3. The van der Waals surface area contributed by atoms with Gasteiger partial charge in [0.05, 0.1) is 5.69 Å². The monoisotopic (exact) mass is 169 g/mol. The summed E-state index contributed by atoms with van der Waals surface area (Å²) in [4.78, 5) is 10.8. The van der Waals surface area contributed by atoms with Crippen LogP contribution in [0.3, 0.4) is 0 Å². The van der Waals surface area contributed by atoms with E-state index in [1.54, 1.807) is 6.92 Å². The van der Waals surface area contributed by atoms with Gasteiger partial charge in [0.25, 0.3) is 0 Å². The molecule has 3 N–H and O–H groups in total. The first-order chi connectivity index (χ1) is 5.57. The van der Waals surface area contributed by atoms with E-state index in [2.05, 4.69) is 5.10 Å². The van der Waals surface area contributed by atoms with Gasteiger partial charge in [-0.05, 0) is 13.3 Å². The van der Waals surface area contributed by atoms with Gasteiger partial charge in [-0.3, -0.25) is 0 Å². The third-order valence-electron chi connectivity index (χ3n) is 1.67. The molecule has 66 valence electrons. The van der Waals surface area contributed by atoms with Crippen LogP contribution in [0.4, 0.5) is 4.79 Å². The van der Waals surface area contributed by atoms with Gasteiger partial charge in [-0.2, -0.15) is 9.78 Å². The zero-order valence-corrected chi connectivity index (χ0v) is 7.03. The van der Waals surface area contributed by atoms with Crippen molar-refractivity contribution < 1.29 is 9.90 Å². The fourth-order valence-corrected chi connectivity index (χ4v) is 1.07. The Kier molecular flexibility index (Phi) is 2.03. The van der Waals surface area contributed by atoms with E-state index in [0.717, 1.165) is 4.68 Å². The Balaban J connectivity index is 3.29. The van der Waals surface area contributed by atoms with E-state index in [0.29, 0.717) is 17.8 Å². The Hall–Kier alpha value is -1.52. The highest BCUT2D eigenvalue weighted by Gasteiger charge is 2.14. The average molecular weight is 169 g/mol. The molecule has 0 bridgehead atoms. The smallest absolute Gasteiger partial charge is 0.339 e. The van der Waals surface area contributed by atoms with Crippen molar-refractivity contribution in [1.82, 2.24) is 9.78 Å². The van der Waals surface area contributed by atoms with Crippen LogP contribution >= 0.6 is 0 Å². The second kappa shape index (κ2) is 2.84. The lowest BCUT2D eigenvalue weighted by molar-refractivity contribution is 0.246. The van der Waals surface area contributed by atoms with E-state index in [1.807, 2.05) is 6.92 Å². The minimum Gasteiger partial charge on any atom is -0.504 e. The lowest BCUT2D eigenvalue weighted by Crippen LogP contribution is -2.22. The van der Waals surface area contributed by atoms with Crippen molar-refractivity contribution in [3.63, 3.8) is 0 Å². The first-order valence-corrected chi connectivity index (χ1v) is 3.65. The van der Waals surface area contributed by atoms with E-state index in [-0.39, 0.29) is 5.75 Å². The van der Waals surface area contributed by atoms with Crippen molar-refractivity contribution in [3.05, 3.63) is 11.4 Å². The molecule has 1 amide bonds. The molecule has 0 aliphatic heterocycles. The molecule has 0 atom stereocenters. The van der Waals surface area contributed by atoms with Crippen LogP contribution in [0.1, 0.15) is 18.3 Å². The van der Waals surface area contributed by atoms with E-state index in [1.165, 1.54) is 0 Å². The van der Waals surface area contributed by atoms with Crippen molar-refractivity contribution in [2.75, 3.05) is 0 Å². The first kappa shape index (κ1) is 8.58. The molecule has 0 radical (unpaired) electrons. The number of amides is 1. The van der Waals surface area contributed by atoms with Crippen LogP contribution in [0.25, 0.3) is 0 Å². The number of primary amides is 1. The largest absolute Gasteiger partial charge is 0.504 e. The lowest BCUT2D eigenvalue weighted by Gasteiger charge is -1.98. The minimum atomic E-state index is -0.671. The summed E-state index contributed by atoms with van der Waals surface area (Å²) in [5.74, 6) is 0.0521. The van der Waals surface area contributed by atoms with Gasteiger partial charge >= 0.3 is 6.03 Å². The molecule has 0 aromatic carbocycles. The van der Waals surface area contributed by atoms with E-state index in [4.69, 9.17) is 5.73 Å². The molecule has 0 unspecified atom stereocenters. The van der Waals surface area contributed by atoms with Crippen LogP contribution in [0.2, 0.25) is 0 Å². The van der Waals surface area contributed by atoms with Gasteiger partial charge < -0.3 is 10.8 Å². The van der Waals surface area contributed by atoms with Crippen LogP contribution in [0.5, 0.6) is 5.75 Å². The van der Waals surface area contributed by atoms with Crippen molar-refractivity contribution in [2.24, 2.45) is 5.73 Å².